The molecule has 0 saturated carbocycles. The van der Waals surface area contributed by atoms with Crippen LogP contribution in [0.25, 0.3) is 21.5 Å². The van der Waals surface area contributed by atoms with Crippen LogP contribution < -0.4 is 18.9 Å². The molecule has 27 heavy (non-hydrogen) atoms. The maximum Gasteiger partial charge on any atom is 0.336 e. The predicted molar refractivity (Wildman–Crippen MR) is 104 cm³/mol. The molecule has 0 aliphatic heterocycles. The normalized spacial score (nSPS) is 10.8. The van der Waals surface area contributed by atoms with Gasteiger partial charge in [0.25, 0.3) is 0 Å². The van der Waals surface area contributed by atoms with Gasteiger partial charge in [-0.3, -0.25) is 0 Å². The molecular formula is C21H22O6. The lowest BCUT2D eigenvalue weighted by Gasteiger charge is -2.17. The van der Waals surface area contributed by atoms with E-state index in [1.807, 2.05) is 19.9 Å². The molecule has 1 N–H and O–H groups in total. The van der Waals surface area contributed by atoms with Crippen molar-refractivity contribution in [3.8, 4) is 23.0 Å². The summed E-state index contributed by atoms with van der Waals surface area (Å²) < 4.78 is 22.4. The van der Waals surface area contributed by atoms with E-state index in [4.69, 9.17) is 18.9 Å². The van der Waals surface area contributed by atoms with Crippen molar-refractivity contribution in [2.75, 3.05) is 27.4 Å². The summed E-state index contributed by atoms with van der Waals surface area (Å²) in [6.07, 6.45) is 0. The highest BCUT2D eigenvalue weighted by atomic mass is 16.5. The number of ether oxygens (including phenoxy) is 4. The predicted octanol–water partition coefficient (Wildman–Crippen LogP) is 4.51. The van der Waals surface area contributed by atoms with Crippen molar-refractivity contribution in [3.63, 3.8) is 0 Å². The fourth-order valence-corrected chi connectivity index (χ4v) is 3.25. The van der Waals surface area contributed by atoms with Gasteiger partial charge in [0.1, 0.15) is 0 Å². The fraction of sp³-hybridized carbons (Fsp3) is 0.286. The summed E-state index contributed by atoms with van der Waals surface area (Å²) in [4.78, 5) is 11.9. The average molecular weight is 370 g/mol. The zero-order chi connectivity index (χ0) is 19.6. The minimum Gasteiger partial charge on any atom is -0.493 e. The SMILES string of the molecule is CCOc1cc2c(C(=O)O)cc3ccc(OC)c(OCC)c3c2cc1OC. The molecular weight excluding hydrogens is 348 g/mol. The Hall–Kier alpha value is -3.15. The lowest BCUT2D eigenvalue weighted by molar-refractivity contribution is 0.0699. The first-order chi connectivity index (χ1) is 13.0. The van der Waals surface area contributed by atoms with Gasteiger partial charge < -0.3 is 24.1 Å². The van der Waals surface area contributed by atoms with Crippen molar-refractivity contribution in [3.05, 3.63) is 35.9 Å². The molecule has 0 fully saturated rings. The van der Waals surface area contributed by atoms with Gasteiger partial charge in [0.15, 0.2) is 23.0 Å². The highest BCUT2D eigenvalue weighted by Gasteiger charge is 2.20. The van der Waals surface area contributed by atoms with Crippen LogP contribution >= 0.6 is 0 Å². The van der Waals surface area contributed by atoms with Crippen LogP contribution in [-0.2, 0) is 0 Å². The standard InChI is InChI=1S/C21H22O6/c1-5-26-18-10-13-14(11-17(18)25-4)19-12(9-15(13)21(22)23)7-8-16(24-3)20(19)27-6-2/h7-11H,5-6H2,1-4H3,(H,22,23). The van der Waals surface area contributed by atoms with Crippen molar-refractivity contribution >= 4 is 27.5 Å². The average Bonchev–Trinajstić information content (AvgIpc) is 2.67. The van der Waals surface area contributed by atoms with E-state index in [-0.39, 0.29) is 5.56 Å². The highest BCUT2D eigenvalue weighted by molar-refractivity contribution is 6.18. The Morgan fingerprint density at radius 3 is 2.15 bits per heavy atom. The molecule has 0 aromatic heterocycles. The van der Waals surface area contributed by atoms with Gasteiger partial charge in [-0.1, -0.05) is 6.07 Å². The molecule has 0 amide bonds. The molecule has 3 aromatic rings. The number of carboxylic acid groups (broad SMARTS) is 1. The third-order valence-electron chi connectivity index (χ3n) is 4.36. The summed E-state index contributed by atoms with van der Waals surface area (Å²) in [5.74, 6) is 1.17. The summed E-state index contributed by atoms with van der Waals surface area (Å²) >= 11 is 0. The van der Waals surface area contributed by atoms with Crippen LogP contribution in [0.2, 0.25) is 0 Å². The Kier molecular flexibility index (Phi) is 5.26. The first kappa shape index (κ1) is 18.6. The number of benzene rings is 3. The summed E-state index contributed by atoms with van der Waals surface area (Å²) in [6.45, 7) is 4.64. The Labute approximate surface area is 157 Å². The molecule has 0 aliphatic carbocycles. The Morgan fingerprint density at radius 1 is 0.889 bits per heavy atom. The van der Waals surface area contributed by atoms with Gasteiger partial charge in [-0.05, 0) is 48.9 Å². The number of methoxy groups -OCH3 is 2. The number of hydrogen-bond acceptors (Lipinski definition) is 5. The Bertz CT molecular complexity index is 1010. The van der Waals surface area contributed by atoms with E-state index in [0.29, 0.717) is 47.0 Å². The van der Waals surface area contributed by atoms with Crippen LogP contribution in [0.5, 0.6) is 23.0 Å². The number of fused-ring (bicyclic) bond motifs is 3. The maximum absolute atomic E-state index is 11.9. The van der Waals surface area contributed by atoms with Crippen molar-refractivity contribution < 1.29 is 28.8 Å². The minimum absolute atomic E-state index is 0.189. The first-order valence-electron chi connectivity index (χ1n) is 8.70. The van der Waals surface area contributed by atoms with Crippen LogP contribution in [0.15, 0.2) is 30.3 Å². The van der Waals surface area contributed by atoms with Gasteiger partial charge in [-0.25, -0.2) is 4.79 Å². The quantitative estimate of drug-likeness (QED) is 0.617. The van der Waals surface area contributed by atoms with Crippen LogP contribution in [-0.4, -0.2) is 38.5 Å². The Morgan fingerprint density at radius 2 is 1.56 bits per heavy atom. The second-order valence-electron chi connectivity index (χ2n) is 5.84. The first-order valence-corrected chi connectivity index (χ1v) is 8.70. The summed E-state index contributed by atoms with van der Waals surface area (Å²) in [7, 11) is 3.13. The molecule has 0 unspecified atom stereocenters. The third-order valence-corrected chi connectivity index (χ3v) is 4.36. The van der Waals surface area contributed by atoms with E-state index >= 15 is 0 Å². The number of carbonyl (C=O) groups is 1. The van der Waals surface area contributed by atoms with E-state index in [1.54, 1.807) is 38.5 Å². The molecule has 0 bridgehead atoms. The Balaban J connectivity index is 2.52. The molecule has 3 rings (SSSR count). The second kappa shape index (κ2) is 7.61. The van der Waals surface area contributed by atoms with Gasteiger partial charge in [0, 0.05) is 10.8 Å². The van der Waals surface area contributed by atoms with Gasteiger partial charge in [-0.2, -0.15) is 0 Å². The second-order valence-corrected chi connectivity index (χ2v) is 5.84. The number of aromatic carboxylic acids is 1. The van der Waals surface area contributed by atoms with Crippen LogP contribution in [0.3, 0.4) is 0 Å². The van der Waals surface area contributed by atoms with Crippen molar-refractivity contribution in [2.45, 2.75) is 13.8 Å². The van der Waals surface area contributed by atoms with Gasteiger partial charge in [-0.15, -0.1) is 0 Å². The molecule has 0 radical (unpaired) electrons. The van der Waals surface area contributed by atoms with Gasteiger partial charge >= 0.3 is 5.97 Å². The van der Waals surface area contributed by atoms with Crippen LogP contribution in [0, 0.1) is 0 Å². The lowest BCUT2D eigenvalue weighted by atomic mass is 9.95. The molecule has 0 aliphatic rings. The van der Waals surface area contributed by atoms with E-state index in [0.717, 1.165) is 10.8 Å². The van der Waals surface area contributed by atoms with Gasteiger partial charge in [0.05, 0.1) is 33.0 Å². The van der Waals surface area contributed by atoms with E-state index in [9.17, 15) is 9.90 Å². The summed E-state index contributed by atoms with van der Waals surface area (Å²) in [6, 6.07) is 8.74. The fourth-order valence-electron chi connectivity index (χ4n) is 3.25. The molecule has 0 spiro atoms. The summed E-state index contributed by atoms with van der Waals surface area (Å²) in [5.41, 5.74) is 0.189. The monoisotopic (exact) mass is 370 g/mol. The zero-order valence-electron chi connectivity index (χ0n) is 15.8. The number of rotatable bonds is 7. The molecule has 3 aromatic carbocycles. The summed E-state index contributed by atoms with van der Waals surface area (Å²) in [5, 5.41) is 12.5. The minimum atomic E-state index is -1.01. The lowest BCUT2D eigenvalue weighted by Crippen LogP contribution is -2.02. The van der Waals surface area contributed by atoms with Crippen molar-refractivity contribution in [1.29, 1.82) is 0 Å². The van der Waals surface area contributed by atoms with Crippen LogP contribution in [0.1, 0.15) is 24.2 Å². The molecule has 142 valence electrons. The van der Waals surface area contributed by atoms with E-state index < -0.39 is 5.97 Å². The van der Waals surface area contributed by atoms with Crippen molar-refractivity contribution in [2.24, 2.45) is 0 Å². The molecule has 6 nitrogen and oxygen atoms in total. The molecule has 0 saturated heterocycles. The van der Waals surface area contributed by atoms with E-state index in [2.05, 4.69) is 0 Å². The zero-order valence-corrected chi connectivity index (χ0v) is 15.8. The van der Waals surface area contributed by atoms with E-state index in [1.165, 1.54) is 0 Å². The highest BCUT2D eigenvalue weighted by Crippen LogP contribution is 2.44. The van der Waals surface area contributed by atoms with Gasteiger partial charge in [0.2, 0.25) is 0 Å². The topological polar surface area (TPSA) is 74.2 Å². The third kappa shape index (κ3) is 3.18. The molecule has 0 heterocycles. The number of carboxylic acids is 1. The molecule has 0 atom stereocenters. The largest absolute Gasteiger partial charge is 0.493 e. The van der Waals surface area contributed by atoms with Crippen molar-refractivity contribution in [1.82, 2.24) is 0 Å². The molecule has 6 heteroatoms. The maximum atomic E-state index is 11.9. The smallest absolute Gasteiger partial charge is 0.336 e. The van der Waals surface area contributed by atoms with Crippen LogP contribution in [0.4, 0.5) is 0 Å². The number of hydrogen-bond donors (Lipinski definition) is 1.